The summed E-state index contributed by atoms with van der Waals surface area (Å²) in [6.07, 6.45) is 9.11. The van der Waals surface area contributed by atoms with Crippen molar-refractivity contribution in [1.82, 2.24) is 0 Å². The highest BCUT2D eigenvalue weighted by Gasteiger charge is 1.90. The molecule has 0 heterocycles. The van der Waals surface area contributed by atoms with E-state index in [1.807, 2.05) is 0 Å². The number of rotatable bonds is 6. The van der Waals surface area contributed by atoms with Gasteiger partial charge >= 0.3 is 0 Å². The van der Waals surface area contributed by atoms with Crippen LogP contribution in [0.2, 0.25) is 0 Å². The largest absolute Gasteiger partial charge is 0.0979 e. The number of benzene rings is 1. The zero-order chi connectivity index (χ0) is 12.3. The molecular formula is C17H24. The molecule has 0 atom stereocenters. The molecule has 0 N–H and O–H groups in total. The fraction of sp³-hybridized carbons (Fsp3) is 0.529. The van der Waals surface area contributed by atoms with E-state index in [1.54, 1.807) is 0 Å². The molecule has 0 aliphatic rings. The maximum absolute atomic E-state index is 3.28. The summed E-state index contributed by atoms with van der Waals surface area (Å²) in [7, 11) is 0. The molecule has 0 aliphatic carbocycles. The lowest BCUT2D eigenvalue weighted by atomic mass is 10.1. The Labute approximate surface area is 106 Å². The lowest BCUT2D eigenvalue weighted by molar-refractivity contribution is 0.614. The molecule has 0 saturated carbocycles. The van der Waals surface area contributed by atoms with Gasteiger partial charge in [0.05, 0.1) is 0 Å². The van der Waals surface area contributed by atoms with Gasteiger partial charge in [-0.05, 0) is 25.0 Å². The van der Waals surface area contributed by atoms with Crippen molar-refractivity contribution in [2.45, 2.75) is 58.8 Å². The fourth-order valence-corrected chi connectivity index (χ4v) is 1.86. The zero-order valence-corrected chi connectivity index (χ0v) is 11.3. The average Bonchev–Trinajstić information content (AvgIpc) is 2.35. The maximum Gasteiger partial charge on any atom is 0.0274 e. The first-order valence-corrected chi connectivity index (χ1v) is 6.89. The Morgan fingerprint density at radius 2 is 1.65 bits per heavy atom. The first-order chi connectivity index (χ1) is 8.34. The lowest BCUT2D eigenvalue weighted by Gasteiger charge is -1.97. The van der Waals surface area contributed by atoms with E-state index < -0.39 is 0 Å². The fourth-order valence-electron chi connectivity index (χ4n) is 1.86. The Balaban J connectivity index is 2.17. The van der Waals surface area contributed by atoms with Gasteiger partial charge in [0.2, 0.25) is 0 Å². The van der Waals surface area contributed by atoms with Crippen LogP contribution in [-0.4, -0.2) is 0 Å². The van der Waals surface area contributed by atoms with Gasteiger partial charge in [-0.25, -0.2) is 0 Å². The smallest absolute Gasteiger partial charge is 0.0274 e. The molecule has 0 unspecified atom stereocenters. The van der Waals surface area contributed by atoms with Gasteiger partial charge in [0.25, 0.3) is 0 Å². The van der Waals surface area contributed by atoms with E-state index in [4.69, 9.17) is 0 Å². The summed E-state index contributed by atoms with van der Waals surface area (Å²) >= 11 is 0. The van der Waals surface area contributed by atoms with Crippen LogP contribution < -0.4 is 0 Å². The van der Waals surface area contributed by atoms with Gasteiger partial charge in [-0.3, -0.25) is 0 Å². The van der Waals surface area contributed by atoms with Crippen LogP contribution in [0.15, 0.2) is 24.3 Å². The molecule has 0 saturated heterocycles. The second kappa shape index (κ2) is 8.88. The molecule has 1 rings (SSSR count). The molecule has 1 aromatic rings. The van der Waals surface area contributed by atoms with Crippen LogP contribution in [-0.2, 0) is 0 Å². The average molecular weight is 228 g/mol. The molecule has 0 amide bonds. The number of aryl methyl sites for hydroxylation is 1. The topological polar surface area (TPSA) is 0 Å². The molecule has 0 aromatic heterocycles. The molecule has 0 heteroatoms. The Bertz CT molecular complexity index is 365. The van der Waals surface area contributed by atoms with Gasteiger partial charge in [-0.15, -0.1) is 0 Å². The quantitative estimate of drug-likeness (QED) is 0.469. The van der Waals surface area contributed by atoms with Crippen molar-refractivity contribution in [2.75, 3.05) is 0 Å². The van der Waals surface area contributed by atoms with E-state index in [0.29, 0.717) is 0 Å². The van der Waals surface area contributed by atoms with E-state index in [9.17, 15) is 0 Å². The molecule has 0 aliphatic heterocycles. The van der Waals surface area contributed by atoms with Crippen LogP contribution >= 0.6 is 0 Å². The Kier molecular flexibility index (Phi) is 7.23. The Hall–Kier alpha value is -1.22. The predicted molar refractivity (Wildman–Crippen MR) is 76.1 cm³/mol. The maximum atomic E-state index is 3.28. The molecule has 17 heavy (non-hydrogen) atoms. The third-order valence-corrected chi connectivity index (χ3v) is 3.02. The molecule has 92 valence electrons. The summed E-state index contributed by atoms with van der Waals surface area (Å²) in [4.78, 5) is 0. The predicted octanol–water partition coefficient (Wildman–Crippen LogP) is 5.10. The van der Waals surface area contributed by atoms with Crippen molar-refractivity contribution in [3.8, 4) is 11.8 Å². The lowest BCUT2D eigenvalue weighted by Crippen LogP contribution is -1.80. The number of hydrogen-bond acceptors (Lipinski definition) is 0. The van der Waals surface area contributed by atoms with Crippen molar-refractivity contribution in [3.05, 3.63) is 35.4 Å². The minimum absolute atomic E-state index is 1.04. The van der Waals surface area contributed by atoms with Crippen LogP contribution in [0.3, 0.4) is 0 Å². The van der Waals surface area contributed by atoms with Crippen molar-refractivity contribution >= 4 is 0 Å². The Morgan fingerprint density at radius 3 is 2.41 bits per heavy atom. The van der Waals surface area contributed by atoms with Crippen LogP contribution in [0, 0.1) is 18.8 Å². The van der Waals surface area contributed by atoms with E-state index in [1.165, 1.54) is 49.7 Å². The monoisotopic (exact) mass is 228 g/mol. The molecule has 1 aromatic carbocycles. The van der Waals surface area contributed by atoms with Crippen LogP contribution in [0.4, 0.5) is 0 Å². The van der Waals surface area contributed by atoms with Gasteiger partial charge in [-0.2, -0.15) is 0 Å². The molecular weight excluding hydrogens is 204 g/mol. The van der Waals surface area contributed by atoms with Crippen LogP contribution in [0.1, 0.15) is 63.0 Å². The summed E-state index contributed by atoms with van der Waals surface area (Å²) < 4.78 is 0. The van der Waals surface area contributed by atoms with Crippen LogP contribution in [0.5, 0.6) is 0 Å². The van der Waals surface area contributed by atoms with Gasteiger partial charge < -0.3 is 0 Å². The molecule has 0 spiro atoms. The summed E-state index contributed by atoms with van der Waals surface area (Å²) in [5.41, 5.74) is 2.46. The van der Waals surface area contributed by atoms with E-state index in [0.717, 1.165) is 6.42 Å². The van der Waals surface area contributed by atoms with Crippen LogP contribution in [0.25, 0.3) is 0 Å². The van der Waals surface area contributed by atoms with E-state index >= 15 is 0 Å². The molecule has 0 bridgehead atoms. The summed E-state index contributed by atoms with van der Waals surface area (Å²) in [6.45, 7) is 4.38. The van der Waals surface area contributed by atoms with Gasteiger partial charge in [0.15, 0.2) is 0 Å². The Morgan fingerprint density at radius 1 is 0.941 bits per heavy atom. The zero-order valence-electron chi connectivity index (χ0n) is 11.3. The van der Waals surface area contributed by atoms with Crippen molar-refractivity contribution in [2.24, 2.45) is 0 Å². The third-order valence-electron chi connectivity index (χ3n) is 3.02. The van der Waals surface area contributed by atoms with E-state index in [2.05, 4.69) is 50.0 Å². The minimum atomic E-state index is 1.04. The highest BCUT2D eigenvalue weighted by molar-refractivity contribution is 5.40. The molecule has 0 radical (unpaired) electrons. The standard InChI is InChI=1S/C17H24/c1-3-4-5-6-7-8-9-10-14-17-15-12-11-13-16(17)2/h11-13,15H,3-9H2,1-2H3. The van der Waals surface area contributed by atoms with E-state index in [-0.39, 0.29) is 0 Å². The molecule has 0 fully saturated rings. The highest BCUT2D eigenvalue weighted by Crippen LogP contribution is 2.07. The molecule has 0 nitrogen and oxygen atoms in total. The number of unbranched alkanes of at least 4 members (excludes halogenated alkanes) is 6. The minimum Gasteiger partial charge on any atom is -0.0979 e. The number of hydrogen-bond donors (Lipinski definition) is 0. The SMILES string of the molecule is CCCCCCCCC#Cc1ccccc1C. The summed E-state index contributed by atoms with van der Waals surface area (Å²) in [5.74, 6) is 6.55. The normalized spacial score (nSPS) is 9.76. The van der Waals surface area contributed by atoms with Gasteiger partial charge in [-0.1, -0.05) is 69.1 Å². The third kappa shape index (κ3) is 6.17. The van der Waals surface area contributed by atoms with Gasteiger partial charge in [0, 0.05) is 12.0 Å². The van der Waals surface area contributed by atoms with Crippen molar-refractivity contribution in [1.29, 1.82) is 0 Å². The van der Waals surface area contributed by atoms with Crippen molar-refractivity contribution in [3.63, 3.8) is 0 Å². The van der Waals surface area contributed by atoms with Crippen molar-refractivity contribution < 1.29 is 0 Å². The first kappa shape index (κ1) is 13.8. The second-order valence-electron chi connectivity index (χ2n) is 4.63. The summed E-state index contributed by atoms with van der Waals surface area (Å²) in [5, 5.41) is 0. The highest BCUT2D eigenvalue weighted by atomic mass is 14.0. The first-order valence-electron chi connectivity index (χ1n) is 6.89. The second-order valence-corrected chi connectivity index (χ2v) is 4.63. The summed E-state index contributed by atoms with van der Waals surface area (Å²) in [6, 6.07) is 8.34. The van der Waals surface area contributed by atoms with Gasteiger partial charge in [0.1, 0.15) is 0 Å².